The smallest absolute Gasteiger partial charge is 0.119 e. The Bertz CT molecular complexity index is 429. The molecule has 0 saturated heterocycles. The van der Waals surface area contributed by atoms with Crippen LogP contribution in [0.1, 0.15) is 50.3 Å². The first kappa shape index (κ1) is 14.4. The summed E-state index contributed by atoms with van der Waals surface area (Å²) < 4.78 is 5.74. The van der Waals surface area contributed by atoms with Crippen LogP contribution in [0.15, 0.2) is 18.2 Å². The fraction of sp³-hybridized carbons (Fsp3) is 0.625. The molecule has 0 radical (unpaired) electrons. The second kappa shape index (κ2) is 5.93. The van der Waals surface area contributed by atoms with E-state index in [0.29, 0.717) is 19.1 Å². The molecule has 2 rings (SSSR count). The van der Waals surface area contributed by atoms with Crippen molar-refractivity contribution in [3.05, 3.63) is 29.3 Å². The van der Waals surface area contributed by atoms with Crippen LogP contribution in [0.25, 0.3) is 0 Å². The predicted octanol–water partition coefficient (Wildman–Crippen LogP) is 2.82. The zero-order chi connectivity index (χ0) is 13.9. The minimum Gasteiger partial charge on any atom is -0.491 e. The van der Waals surface area contributed by atoms with Crippen LogP contribution in [-0.4, -0.2) is 24.4 Å². The monoisotopic (exact) mass is 263 g/mol. The molecule has 3 nitrogen and oxygen atoms in total. The van der Waals surface area contributed by atoms with E-state index < -0.39 is 5.60 Å². The maximum atomic E-state index is 9.98. The van der Waals surface area contributed by atoms with Crippen molar-refractivity contribution in [2.75, 3.05) is 13.7 Å². The standard InChI is InChI=1S/C16H25NO2/c1-4-16(2,18)11-19-13-9-8-12-6-5-7-15(17-3)14(12)10-13/h8-10,15,17-18H,4-7,11H2,1-3H3. The summed E-state index contributed by atoms with van der Waals surface area (Å²) in [5.74, 6) is 0.856. The van der Waals surface area contributed by atoms with Gasteiger partial charge in [0.15, 0.2) is 0 Å². The lowest BCUT2D eigenvalue weighted by Crippen LogP contribution is -2.31. The van der Waals surface area contributed by atoms with E-state index in [-0.39, 0.29) is 0 Å². The van der Waals surface area contributed by atoms with Crippen LogP contribution in [0.4, 0.5) is 0 Å². The largest absolute Gasteiger partial charge is 0.491 e. The molecule has 0 saturated carbocycles. The molecule has 2 N–H and O–H groups in total. The molecule has 0 heterocycles. The number of aliphatic hydroxyl groups is 1. The molecule has 0 spiro atoms. The van der Waals surface area contributed by atoms with Crippen LogP contribution in [0.3, 0.4) is 0 Å². The van der Waals surface area contributed by atoms with Gasteiger partial charge in [0.1, 0.15) is 12.4 Å². The molecule has 1 aromatic rings. The molecule has 3 heteroatoms. The summed E-state index contributed by atoms with van der Waals surface area (Å²) >= 11 is 0. The quantitative estimate of drug-likeness (QED) is 0.858. The van der Waals surface area contributed by atoms with Crippen molar-refractivity contribution in [2.24, 2.45) is 0 Å². The van der Waals surface area contributed by atoms with Gasteiger partial charge in [0.05, 0.1) is 5.60 Å². The third-order valence-electron chi connectivity index (χ3n) is 4.09. The van der Waals surface area contributed by atoms with Gasteiger partial charge in [-0.25, -0.2) is 0 Å². The molecule has 2 unspecified atom stereocenters. The van der Waals surface area contributed by atoms with Crippen molar-refractivity contribution in [2.45, 2.75) is 51.2 Å². The fourth-order valence-electron chi connectivity index (χ4n) is 2.51. The van der Waals surface area contributed by atoms with Crippen LogP contribution in [0, 0.1) is 0 Å². The molecule has 106 valence electrons. The molecule has 0 aliphatic heterocycles. The molecule has 1 aromatic carbocycles. The summed E-state index contributed by atoms with van der Waals surface area (Å²) in [7, 11) is 2.01. The first-order chi connectivity index (χ1) is 9.05. The lowest BCUT2D eigenvalue weighted by Gasteiger charge is -2.26. The summed E-state index contributed by atoms with van der Waals surface area (Å²) in [5.41, 5.74) is 2.01. The van der Waals surface area contributed by atoms with Gasteiger partial charge in [0.25, 0.3) is 0 Å². The van der Waals surface area contributed by atoms with Crippen LogP contribution >= 0.6 is 0 Å². The number of aryl methyl sites for hydroxylation is 1. The zero-order valence-electron chi connectivity index (χ0n) is 12.2. The molecule has 0 fully saturated rings. The van der Waals surface area contributed by atoms with E-state index in [1.54, 1.807) is 0 Å². The Morgan fingerprint density at radius 2 is 2.26 bits per heavy atom. The Morgan fingerprint density at radius 1 is 1.47 bits per heavy atom. The second-order valence-electron chi connectivity index (χ2n) is 5.73. The van der Waals surface area contributed by atoms with Crippen molar-refractivity contribution in [3.8, 4) is 5.75 Å². The fourth-order valence-corrected chi connectivity index (χ4v) is 2.51. The number of hydrogen-bond donors (Lipinski definition) is 2. The number of hydrogen-bond acceptors (Lipinski definition) is 3. The molecule has 1 aliphatic rings. The topological polar surface area (TPSA) is 41.5 Å². The van der Waals surface area contributed by atoms with Gasteiger partial charge in [-0.3, -0.25) is 0 Å². The van der Waals surface area contributed by atoms with E-state index in [0.717, 1.165) is 12.2 Å². The second-order valence-corrected chi connectivity index (χ2v) is 5.73. The molecule has 19 heavy (non-hydrogen) atoms. The van der Waals surface area contributed by atoms with E-state index in [1.807, 2.05) is 27.0 Å². The highest BCUT2D eigenvalue weighted by Gasteiger charge is 2.21. The maximum absolute atomic E-state index is 9.98. The molecule has 2 atom stereocenters. The summed E-state index contributed by atoms with van der Waals surface area (Å²) in [6.45, 7) is 4.11. The molecule has 0 amide bonds. The first-order valence-corrected chi connectivity index (χ1v) is 7.21. The van der Waals surface area contributed by atoms with E-state index in [1.165, 1.54) is 24.0 Å². The summed E-state index contributed by atoms with van der Waals surface area (Å²) in [6, 6.07) is 6.73. The average Bonchev–Trinajstić information content (AvgIpc) is 2.44. The van der Waals surface area contributed by atoms with E-state index in [2.05, 4.69) is 17.4 Å². The summed E-state index contributed by atoms with van der Waals surface area (Å²) in [4.78, 5) is 0. The zero-order valence-corrected chi connectivity index (χ0v) is 12.2. The van der Waals surface area contributed by atoms with Gasteiger partial charge in [0, 0.05) is 6.04 Å². The van der Waals surface area contributed by atoms with Crippen molar-refractivity contribution in [1.82, 2.24) is 5.32 Å². The predicted molar refractivity (Wildman–Crippen MR) is 77.6 cm³/mol. The Labute approximate surface area is 116 Å². The Balaban J connectivity index is 2.11. The van der Waals surface area contributed by atoms with Crippen molar-refractivity contribution in [1.29, 1.82) is 0 Å². The molecular weight excluding hydrogens is 238 g/mol. The van der Waals surface area contributed by atoms with Gasteiger partial charge in [-0.15, -0.1) is 0 Å². The van der Waals surface area contributed by atoms with Crippen molar-refractivity contribution in [3.63, 3.8) is 0 Å². The van der Waals surface area contributed by atoms with Crippen molar-refractivity contribution >= 4 is 0 Å². The average molecular weight is 263 g/mol. The third kappa shape index (κ3) is 3.48. The van der Waals surface area contributed by atoms with Gasteiger partial charge in [-0.05, 0) is 62.9 Å². The molecule has 0 aromatic heterocycles. The lowest BCUT2D eigenvalue weighted by molar-refractivity contribution is 0.00842. The number of rotatable bonds is 5. The number of benzene rings is 1. The van der Waals surface area contributed by atoms with Crippen LogP contribution in [0.5, 0.6) is 5.75 Å². The van der Waals surface area contributed by atoms with E-state index in [4.69, 9.17) is 4.74 Å². The Kier molecular flexibility index (Phi) is 4.48. The van der Waals surface area contributed by atoms with Gasteiger partial charge < -0.3 is 15.2 Å². The summed E-state index contributed by atoms with van der Waals surface area (Å²) in [6.07, 6.45) is 4.26. The van der Waals surface area contributed by atoms with E-state index in [9.17, 15) is 5.11 Å². The number of nitrogens with one attached hydrogen (secondary N) is 1. The first-order valence-electron chi connectivity index (χ1n) is 7.21. The van der Waals surface area contributed by atoms with Crippen LogP contribution < -0.4 is 10.1 Å². The molecule has 1 aliphatic carbocycles. The van der Waals surface area contributed by atoms with Gasteiger partial charge in [0.2, 0.25) is 0 Å². The summed E-state index contributed by atoms with van der Waals surface area (Å²) in [5, 5.41) is 13.3. The van der Waals surface area contributed by atoms with Gasteiger partial charge in [-0.2, -0.15) is 0 Å². The Hall–Kier alpha value is -1.06. The van der Waals surface area contributed by atoms with Crippen LogP contribution in [0.2, 0.25) is 0 Å². The minimum absolute atomic E-state index is 0.340. The van der Waals surface area contributed by atoms with Crippen molar-refractivity contribution < 1.29 is 9.84 Å². The highest BCUT2D eigenvalue weighted by molar-refractivity contribution is 5.39. The number of ether oxygens (including phenoxy) is 1. The minimum atomic E-state index is -0.752. The lowest BCUT2D eigenvalue weighted by atomic mass is 9.87. The highest BCUT2D eigenvalue weighted by Crippen LogP contribution is 2.32. The SMILES string of the molecule is CCC(C)(O)COc1ccc2c(c1)C(NC)CCC2. The highest BCUT2D eigenvalue weighted by atomic mass is 16.5. The van der Waals surface area contributed by atoms with Gasteiger partial charge in [-0.1, -0.05) is 13.0 Å². The number of fused-ring (bicyclic) bond motifs is 1. The van der Waals surface area contributed by atoms with E-state index >= 15 is 0 Å². The molecule has 0 bridgehead atoms. The Morgan fingerprint density at radius 3 is 2.95 bits per heavy atom. The van der Waals surface area contributed by atoms with Crippen LogP contribution in [-0.2, 0) is 6.42 Å². The normalized spacial score (nSPS) is 21.6. The maximum Gasteiger partial charge on any atom is 0.119 e. The third-order valence-corrected chi connectivity index (χ3v) is 4.09. The molecular formula is C16H25NO2. The van der Waals surface area contributed by atoms with Gasteiger partial charge >= 0.3 is 0 Å².